The molecule has 1 aliphatic heterocycles. The lowest BCUT2D eigenvalue weighted by atomic mass is 10.2. The first kappa shape index (κ1) is 15.1. The Kier molecular flexibility index (Phi) is 4.66. The predicted octanol–water partition coefficient (Wildman–Crippen LogP) is 4.27. The number of benzene rings is 1. The summed E-state index contributed by atoms with van der Waals surface area (Å²) in [6.07, 6.45) is 1.10. The molecule has 2 unspecified atom stereocenters. The van der Waals surface area contributed by atoms with Gasteiger partial charge in [-0.1, -0.05) is 23.7 Å². The molecule has 0 radical (unpaired) electrons. The maximum absolute atomic E-state index is 6.01. The largest absolute Gasteiger partial charge is 0.398 e. The fourth-order valence-corrected chi connectivity index (χ4v) is 5.47. The van der Waals surface area contributed by atoms with Crippen molar-refractivity contribution in [2.45, 2.75) is 23.8 Å². The van der Waals surface area contributed by atoms with E-state index in [1.807, 2.05) is 23.5 Å². The Morgan fingerprint density at radius 1 is 1.38 bits per heavy atom. The van der Waals surface area contributed by atoms with E-state index < -0.39 is 0 Å². The van der Waals surface area contributed by atoms with Crippen LogP contribution in [0.3, 0.4) is 0 Å². The SMILES string of the molecule is CCC1SCCSC1c1noc(-c2cc(Cl)ccc2N)n1. The summed E-state index contributed by atoms with van der Waals surface area (Å²) in [6, 6.07) is 5.26. The van der Waals surface area contributed by atoms with Crippen molar-refractivity contribution in [2.24, 2.45) is 0 Å². The molecule has 2 N–H and O–H groups in total. The number of hydrogen-bond donors (Lipinski definition) is 1. The van der Waals surface area contributed by atoms with Gasteiger partial charge in [-0.25, -0.2) is 0 Å². The summed E-state index contributed by atoms with van der Waals surface area (Å²) < 4.78 is 5.41. The predicted molar refractivity (Wildman–Crippen MR) is 90.9 cm³/mol. The second kappa shape index (κ2) is 6.50. The van der Waals surface area contributed by atoms with Gasteiger partial charge < -0.3 is 10.3 Å². The van der Waals surface area contributed by atoms with Crippen molar-refractivity contribution in [1.29, 1.82) is 0 Å². The molecule has 3 rings (SSSR count). The average Bonchev–Trinajstić information content (AvgIpc) is 2.99. The molecular weight excluding hydrogens is 326 g/mol. The van der Waals surface area contributed by atoms with Crippen LogP contribution in [0.1, 0.15) is 24.4 Å². The molecule has 112 valence electrons. The molecule has 0 aliphatic carbocycles. The minimum absolute atomic E-state index is 0.284. The van der Waals surface area contributed by atoms with Crippen molar-refractivity contribution in [3.63, 3.8) is 0 Å². The number of aromatic nitrogens is 2. The minimum Gasteiger partial charge on any atom is -0.398 e. The van der Waals surface area contributed by atoms with Crippen molar-refractivity contribution in [3.8, 4) is 11.5 Å². The highest BCUT2D eigenvalue weighted by molar-refractivity contribution is 8.06. The van der Waals surface area contributed by atoms with Crippen molar-refractivity contribution in [2.75, 3.05) is 17.2 Å². The zero-order valence-electron chi connectivity index (χ0n) is 11.6. The van der Waals surface area contributed by atoms with E-state index in [1.165, 1.54) is 5.75 Å². The molecule has 0 amide bonds. The molecule has 0 spiro atoms. The van der Waals surface area contributed by atoms with Crippen LogP contribution in [0.5, 0.6) is 0 Å². The zero-order valence-corrected chi connectivity index (χ0v) is 14.0. The maximum atomic E-state index is 6.01. The third-order valence-corrected chi connectivity index (χ3v) is 6.87. The van der Waals surface area contributed by atoms with Crippen LogP contribution in [0, 0.1) is 0 Å². The topological polar surface area (TPSA) is 64.9 Å². The zero-order chi connectivity index (χ0) is 14.8. The molecule has 2 atom stereocenters. The normalized spacial score (nSPS) is 22.4. The van der Waals surface area contributed by atoms with E-state index in [0.29, 0.717) is 27.4 Å². The smallest absolute Gasteiger partial charge is 0.260 e. The molecular formula is C14H16ClN3OS2. The maximum Gasteiger partial charge on any atom is 0.260 e. The van der Waals surface area contributed by atoms with Gasteiger partial charge in [-0.2, -0.15) is 16.7 Å². The average molecular weight is 342 g/mol. The van der Waals surface area contributed by atoms with Gasteiger partial charge in [0.1, 0.15) is 0 Å². The molecule has 0 bridgehead atoms. The molecule has 4 nitrogen and oxygen atoms in total. The number of nitrogen functional groups attached to an aromatic ring is 1. The molecule has 21 heavy (non-hydrogen) atoms. The van der Waals surface area contributed by atoms with Crippen molar-refractivity contribution >= 4 is 40.8 Å². The van der Waals surface area contributed by atoms with Crippen LogP contribution >= 0.6 is 35.1 Å². The summed E-state index contributed by atoms with van der Waals surface area (Å²) in [6.45, 7) is 2.20. The second-order valence-electron chi connectivity index (χ2n) is 4.80. The number of hydrogen-bond acceptors (Lipinski definition) is 6. The van der Waals surface area contributed by atoms with Crippen molar-refractivity contribution in [3.05, 3.63) is 29.0 Å². The number of thioether (sulfide) groups is 2. The highest BCUT2D eigenvalue weighted by Crippen LogP contribution is 2.43. The van der Waals surface area contributed by atoms with Crippen LogP contribution in [-0.2, 0) is 0 Å². The van der Waals surface area contributed by atoms with Crippen molar-refractivity contribution < 1.29 is 4.52 Å². The van der Waals surface area contributed by atoms with Gasteiger partial charge >= 0.3 is 0 Å². The Labute approximate surface area is 137 Å². The van der Waals surface area contributed by atoms with Gasteiger partial charge in [0.05, 0.1) is 10.8 Å². The van der Waals surface area contributed by atoms with E-state index in [1.54, 1.807) is 18.2 Å². The molecule has 1 fully saturated rings. The number of anilines is 1. The standard InChI is InChI=1S/C14H16ClN3OS2/c1-2-11-12(21-6-5-20-11)13-17-14(19-18-13)9-7-8(15)3-4-10(9)16/h3-4,7,11-12H,2,5-6,16H2,1H3. The van der Waals surface area contributed by atoms with Gasteiger partial charge in [0, 0.05) is 27.5 Å². The Morgan fingerprint density at radius 3 is 3.00 bits per heavy atom. The third kappa shape index (κ3) is 3.17. The van der Waals surface area contributed by atoms with E-state index in [9.17, 15) is 0 Å². The highest BCUT2D eigenvalue weighted by atomic mass is 35.5. The summed E-state index contributed by atoms with van der Waals surface area (Å²) >= 11 is 9.91. The lowest BCUT2D eigenvalue weighted by Crippen LogP contribution is -2.19. The molecule has 1 aromatic carbocycles. The molecule has 7 heteroatoms. The fraction of sp³-hybridized carbons (Fsp3) is 0.429. The first-order valence-electron chi connectivity index (χ1n) is 6.81. The highest BCUT2D eigenvalue weighted by Gasteiger charge is 2.30. The number of nitrogens with two attached hydrogens (primary N) is 1. The van der Waals surface area contributed by atoms with Crippen LogP contribution < -0.4 is 5.73 Å². The van der Waals surface area contributed by atoms with Gasteiger partial charge in [-0.15, -0.1) is 11.8 Å². The second-order valence-corrected chi connectivity index (χ2v) is 7.83. The van der Waals surface area contributed by atoms with Gasteiger partial charge in [-0.3, -0.25) is 0 Å². The third-order valence-electron chi connectivity index (χ3n) is 3.39. The van der Waals surface area contributed by atoms with Crippen LogP contribution in [0.2, 0.25) is 5.02 Å². The van der Waals surface area contributed by atoms with Crippen LogP contribution in [-0.4, -0.2) is 26.9 Å². The summed E-state index contributed by atoms with van der Waals surface area (Å²) in [5.41, 5.74) is 7.25. The number of rotatable bonds is 3. The first-order chi connectivity index (χ1) is 10.2. The summed E-state index contributed by atoms with van der Waals surface area (Å²) in [7, 11) is 0. The molecule has 0 saturated carbocycles. The molecule has 1 saturated heterocycles. The van der Waals surface area contributed by atoms with E-state index in [0.717, 1.165) is 18.0 Å². The Hall–Kier alpha value is -0.850. The fourth-order valence-electron chi connectivity index (χ4n) is 2.32. The van der Waals surface area contributed by atoms with Gasteiger partial charge in [0.25, 0.3) is 5.89 Å². The lowest BCUT2D eigenvalue weighted by Gasteiger charge is -2.27. The molecule has 2 aromatic rings. The van der Waals surface area contributed by atoms with Gasteiger partial charge in [0.2, 0.25) is 0 Å². The quantitative estimate of drug-likeness (QED) is 0.841. The summed E-state index contributed by atoms with van der Waals surface area (Å²) in [4.78, 5) is 4.55. The van der Waals surface area contributed by atoms with Crippen LogP contribution in [0.15, 0.2) is 22.7 Å². The van der Waals surface area contributed by atoms with Crippen LogP contribution in [0.4, 0.5) is 5.69 Å². The molecule has 1 aliphatic rings. The first-order valence-corrected chi connectivity index (χ1v) is 9.28. The summed E-state index contributed by atoms with van der Waals surface area (Å²) in [5, 5.41) is 5.59. The van der Waals surface area contributed by atoms with E-state index in [-0.39, 0.29) is 5.25 Å². The Morgan fingerprint density at radius 2 is 2.19 bits per heavy atom. The molecule has 1 aromatic heterocycles. The lowest BCUT2D eigenvalue weighted by molar-refractivity contribution is 0.421. The van der Waals surface area contributed by atoms with Gasteiger partial charge in [0.15, 0.2) is 5.82 Å². The monoisotopic (exact) mass is 341 g/mol. The van der Waals surface area contributed by atoms with E-state index in [4.69, 9.17) is 21.9 Å². The number of nitrogens with zero attached hydrogens (tertiary/aromatic N) is 2. The summed E-state index contributed by atoms with van der Waals surface area (Å²) in [5.74, 6) is 3.50. The Balaban J connectivity index is 1.90. The van der Waals surface area contributed by atoms with Crippen LogP contribution in [0.25, 0.3) is 11.5 Å². The number of halogens is 1. The Bertz CT molecular complexity index is 634. The van der Waals surface area contributed by atoms with E-state index in [2.05, 4.69) is 17.1 Å². The van der Waals surface area contributed by atoms with E-state index >= 15 is 0 Å². The minimum atomic E-state index is 0.284. The van der Waals surface area contributed by atoms with Crippen molar-refractivity contribution in [1.82, 2.24) is 10.1 Å². The molecule has 2 heterocycles. The van der Waals surface area contributed by atoms with Gasteiger partial charge in [-0.05, 0) is 24.6 Å².